The third-order valence-electron chi connectivity index (χ3n) is 3.74. The lowest BCUT2D eigenvalue weighted by Crippen LogP contribution is -2.43. The van der Waals surface area contributed by atoms with Crippen LogP contribution in [0.15, 0.2) is 0 Å². The highest BCUT2D eigenvalue weighted by Crippen LogP contribution is 2.20. The zero-order valence-electron chi connectivity index (χ0n) is 12.5. The molecule has 0 radical (unpaired) electrons. The van der Waals surface area contributed by atoms with Crippen LogP contribution in [0, 0.1) is 5.92 Å². The molecule has 1 aliphatic rings. The van der Waals surface area contributed by atoms with E-state index in [9.17, 15) is 9.90 Å². The molecule has 1 unspecified atom stereocenters. The fourth-order valence-corrected chi connectivity index (χ4v) is 3.27. The monoisotopic (exact) mass is 312 g/mol. The Morgan fingerprint density at radius 3 is 3.10 bits per heavy atom. The number of carbonyl (C=O) groups is 1. The summed E-state index contributed by atoms with van der Waals surface area (Å²) in [5.74, 6) is 0.198. The number of urea groups is 1. The number of aromatic nitrogens is 2. The van der Waals surface area contributed by atoms with Crippen molar-refractivity contribution in [1.82, 2.24) is 15.1 Å². The van der Waals surface area contributed by atoms with Crippen LogP contribution < -0.4 is 5.32 Å². The van der Waals surface area contributed by atoms with E-state index in [1.165, 1.54) is 24.2 Å². The third kappa shape index (κ3) is 4.93. The fraction of sp³-hybridized carbons (Fsp3) is 0.786. The quantitative estimate of drug-likeness (QED) is 0.791. The van der Waals surface area contributed by atoms with Crippen LogP contribution >= 0.6 is 11.3 Å². The van der Waals surface area contributed by atoms with Crippen molar-refractivity contribution in [2.45, 2.75) is 45.4 Å². The summed E-state index contributed by atoms with van der Waals surface area (Å²) < 4.78 is 0. The summed E-state index contributed by atoms with van der Waals surface area (Å²) in [6.45, 7) is 3.67. The molecule has 7 heteroatoms. The molecule has 1 fully saturated rings. The van der Waals surface area contributed by atoms with E-state index in [1.54, 1.807) is 4.90 Å². The van der Waals surface area contributed by atoms with Crippen molar-refractivity contribution >= 4 is 22.5 Å². The first kappa shape index (κ1) is 16.2. The predicted molar refractivity (Wildman–Crippen MR) is 83.5 cm³/mol. The number of piperidine rings is 1. The highest BCUT2D eigenvalue weighted by molar-refractivity contribution is 7.15. The molecule has 2 heterocycles. The van der Waals surface area contributed by atoms with Crippen LogP contribution in [-0.4, -0.2) is 45.9 Å². The van der Waals surface area contributed by atoms with Crippen molar-refractivity contribution in [3.8, 4) is 0 Å². The van der Waals surface area contributed by atoms with Crippen molar-refractivity contribution in [3.05, 3.63) is 5.01 Å². The van der Waals surface area contributed by atoms with Crippen LogP contribution in [0.2, 0.25) is 0 Å². The molecule has 2 N–H and O–H groups in total. The number of nitrogens with one attached hydrogen (secondary N) is 1. The van der Waals surface area contributed by atoms with Crippen LogP contribution in [0.1, 0.15) is 44.0 Å². The number of aliphatic hydroxyl groups is 1. The molecular formula is C14H24N4O2S. The Balaban J connectivity index is 1.82. The Hall–Kier alpha value is -1.21. The topological polar surface area (TPSA) is 78.4 Å². The summed E-state index contributed by atoms with van der Waals surface area (Å²) in [6.07, 6.45) is 6.35. The number of rotatable bonds is 6. The standard InChI is InChI=1S/C14H24N4O2S/c1-2-3-4-7-12-16-17-13(21-12)15-14(20)18-8-5-6-11(9-18)10-19/h11,19H,2-10H2,1H3,(H,15,17,20). The number of aliphatic hydroxyl groups excluding tert-OH is 1. The molecule has 2 amide bonds. The minimum Gasteiger partial charge on any atom is -0.396 e. The Morgan fingerprint density at radius 1 is 1.48 bits per heavy atom. The summed E-state index contributed by atoms with van der Waals surface area (Å²) in [5.41, 5.74) is 0. The molecule has 0 saturated carbocycles. The SMILES string of the molecule is CCCCCc1nnc(NC(=O)N2CCCC(CO)C2)s1. The van der Waals surface area contributed by atoms with Gasteiger partial charge in [-0.2, -0.15) is 0 Å². The van der Waals surface area contributed by atoms with Gasteiger partial charge in [-0.1, -0.05) is 31.1 Å². The first-order valence-corrected chi connectivity index (χ1v) is 8.53. The third-order valence-corrected chi connectivity index (χ3v) is 4.64. The van der Waals surface area contributed by atoms with Crippen LogP contribution in [0.25, 0.3) is 0 Å². The molecule has 6 nitrogen and oxygen atoms in total. The Labute approximate surface area is 129 Å². The van der Waals surface area contributed by atoms with Crippen molar-refractivity contribution in [1.29, 1.82) is 0 Å². The van der Waals surface area contributed by atoms with Crippen LogP contribution in [0.3, 0.4) is 0 Å². The van der Waals surface area contributed by atoms with Crippen molar-refractivity contribution in [2.24, 2.45) is 5.92 Å². The lowest BCUT2D eigenvalue weighted by Gasteiger charge is -2.31. The van der Waals surface area contributed by atoms with Gasteiger partial charge in [-0.15, -0.1) is 10.2 Å². The second kappa shape index (κ2) is 8.29. The molecule has 0 aromatic carbocycles. The molecule has 21 heavy (non-hydrogen) atoms. The maximum Gasteiger partial charge on any atom is 0.323 e. The van der Waals surface area contributed by atoms with E-state index in [-0.39, 0.29) is 18.6 Å². The number of amides is 2. The van der Waals surface area contributed by atoms with E-state index < -0.39 is 0 Å². The number of aryl methyl sites for hydroxylation is 1. The van der Waals surface area contributed by atoms with Crippen molar-refractivity contribution in [3.63, 3.8) is 0 Å². The number of unbranched alkanes of at least 4 members (excludes halogenated alkanes) is 2. The first-order chi connectivity index (χ1) is 10.2. The molecule has 2 rings (SSSR count). The number of carbonyl (C=O) groups excluding carboxylic acids is 1. The van der Waals surface area contributed by atoms with Crippen molar-refractivity contribution in [2.75, 3.05) is 25.0 Å². The summed E-state index contributed by atoms with van der Waals surface area (Å²) in [7, 11) is 0. The van der Waals surface area contributed by atoms with Gasteiger partial charge in [0.05, 0.1) is 0 Å². The summed E-state index contributed by atoms with van der Waals surface area (Å²) in [6, 6.07) is -0.135. The molecule has 0 bridgehead atoms. The van der Waals surface area contributed by atoms with Gasteiger partial charge in [0.15, 0.2) is 0 Å². The van der Waals surface area contributed by atoms with E-state index in [0.29, 0.717) is 11.7 Å². The van der Waals surface area contributed by atoms with E-state index in [4.69, 9.17) is 0 Å². The number of hydrogen-bond acceptors (Lipinski definition) is 5. The zero-order chi connectivity index (χ0) is 15.1. The first-order valence-electron chi connectivity index (χ1n) is 7.72. The summed E-state index contributed by atoms with van der Waals surface area (Å²) >= 11 is 1.45. The van der Waals surface area contributed by atoms with Gasteiger partial charge in [0.2, 0.25) is 5.13 Å². The smallest absolute Gasteiger partial charge is 0.323 e. The van der Waals surface area contributed by atoms with Gasteiger partial charge in [0.1, 0.15) is 5.01 Å². The number of anilines is 1. The molecule has 1 atom stereocenters. The molecule has 118 valence electrons. The van der Waals surface area contributed by atoms with E-state index in [1.807, 2.05) is 0 Å². The van der Waals surface area contributed by atoms with Gasteiger partial charge < -0.3 is 10.0 Å². The maximum absolute atomic E-state index is 12.2. The molecule has 1 saturated heterocycles. The Morgan fingerprint density at radius 2 is 2.33 bits per heavy atom. The van der Waals surface area contributed by atoms with Crippen LogP contribution in [-0.2, 0) is 6.42 Å². The van der Waals surface area contributed by atoms with E-state index in [0.717, 1.165) is 37.2 Å². The largest absolute Gasteiger partial charge is 0.396 e. The van der Waals surface area contributed by atoms with E-state index >= 15 is 0 Å². The Bertz CT molecular complexity index is 452. The normalized spacial score (nSPS) is 18.8. The minimum absolute atomic E-state index is 0.135. The average Bonchev–Trinajstić information content (AvgIpc) is 2.95. The molecule has 0 aliphatic carbocycles. The molecular weight excluding hydrogens is 288 g/mol. The lowest BCUT2D eigenvalue weighted by molar-refractivity contribution is 0.136. The highest BCUT2D eigenvalue weighted by Gasteiger charge is 2.23. The van der Waals surface area contributed by atoms with Gasteiger partial charge in [-0.25, -0.2) is 4.79 Å². The number of hydrogen-bond donors (Lipinski definition) is 2. The average molecular weight is 312 g/mol. The second-order valence-corrected chi connectivity index (χ2v) is 6.59. The fourth-order valence-electron chi connectivity index (χ4n) is 2.50. The van der Waals surface area contributed by atoms with Crippen molar-refractivity contribution < 1.29 is 9.90 Å². The number of likely N-dealkylation sites (tertiary alicyclic amines) is 1. The zero-order valence-corrected chi connectivity index (χ0v) is 13.4. The summed E-state index contributed by atoms with van der Waals surface area (Å²) in [5, 5.41) is 21.7. The van der Waals surface area contributed by atoms with Gasteiger partial charge in [-0.3, -0.25) is 5.32 Å². The predicted octanol–water partition coefficient (Wildman–Crippen LogP) is 2.51. The van der Waals surface area contributed by atoms with E-state index in [2.05, 4.69) is 22.4 Å². The van der Waals surface area contributed by atoms with Crippen LogP contribution in [0.5, 0.6) is 0 Å². The van der Waals surface area contributed by atoms with Gasteiger partial charge in [-0.05, 0) is 25.2 Å². The number of nitrogens with zero attached hydrogens (tertiary/aromatic N) is 3. The Kier molecular flexibility index (Phi) is 6.38. The molecule has 1 aliphatic heterocycles. The molecule has 1 aromatic heterocycles. The van der Waals surface area contributed by atoms with Gasteiger partial charge in [0, 0.05) is 26.1 Å². The minimum atomic E-state index is -0.135. The lowest BCUT2D eigenvalue weighted by atomic mass is 9.99. The second-order valence-electron chi connectivity index (χ2n) is 5.53. The van der Waals surface area contributed by atoms with Gasteiger partial charge in [0.25, 0.3) is 0 Å². The maximum atomic E-state index is 12.2. The van der Waals surface area contributed by atoms with Gasteiger partial charge >= 0.3 is 6.03 Å². The molecule has 1 aromatic rings. The summed E-state index contributed by atoms with van der Waals surface area (Å²) in [4.78, 5) is 13.9. The van der Waals surface area contributed by atoms with Crippen LogP contribution in [0.4, 0.5) is 9.93 Å². The molecule has 0 spiro atoms. The highest BCUT2D eigenvalue weighted by atomic mass is 32.1.